The van der Waals surface area contributed by atoms with E-state index in [2.05, 4.69) is 10.3 Å². The summed E-state index contributed by atoms with van der Waals surface area (Å²) in [6.07, 6.45) is 1.72. The van der Waals surface area contributed by atoms with Crippen molar-refractivity contribution in [2.75, 3.05) is 7.11 Å². The van der Waals surface area contributed by atoms with Gasteiger partial charge in [0.1, 0.15) is 6.04 Å². The van der Waals surface area contributed by atoms with Crippen molar-refractivity contribution in [2.24, 2.45) is 0 Å². The first-order chi connectivity index (χ1) is 14.1. The topological polar surface area (TPSA) is 94.4 Å². The SMILES string of the molecule is COC(=O)C(Cc1cn(Cc2ccccc2)nn1)N1C(=O)c2ccccc2C1=O. The van der Waals surface area contributed by atoms with Gasteiger partial charge in [-0.25, -0.2) is 9.48 Å². The van der Waals surface area contributed by atoms with Crippen molar-refractivity contribution in [3.8, 4) is 0 Å². The molecule has 4 rings (SSSR count). The summed E-state index contributed by atoms with van der Waals surface area (Å²) in [5, 5.41) is 8.18. The number of benzene rings is 2. The number of methoxy groups -OCH3 is 1. The highest BCUT2D eigenvalue weighted by molar-refractivity contribution is 6.22. The van der Waals surface area contributed by atoms with Gasteiger partial charge in [0, 0.05) is 12.6 Å². The van der Waals surface area contributed by atoms with E-state index in [1.165, 1.54) is 7.11 Å². The molecule has 29 heavy (non-hydrogen) atoms. The van der Waals surface area contributed by atoms with Crippen LogP contribution in [0.5, 0.6) is 0 Å². The summed E-state index contributed by atoms with van der Waals surface area (Å²) >= 11 is 0. The van der Waals surface area contributed by atoms with Gasteiger partial charge < -0.3 is 4.74 Å². The first kappa shape index (κ1) is 18.5. The summed E-state index contributed by atoms with van der Waals surface area (Å²) in [6.45, 7) is 0.518. The highest BCUT2D eigenvalue weighted by atomic mass is 16.5. The molecule has 1 atom stereocenters. The van der Waals surface area contributed by atoms with Gasteiger partial charge in [-0.1, -0.05) is 47.7 Å². The van der Waals surface area contributed by atoms with Crippen molar-refractivity contribution in [3.63, 3.8) is 0 Å². The number of hydrogen-bond donors (Lipinski definition) is 0. The smallest absolute Gasteiger partial charge is 0.329 e. The van der Waals surface area contributed by atoms with E-state index in [4.69, 9.17) is 4.74 Å². The fraction of sp³-hybridized carbons (Fsp3) is 0.190. The van der Waals surface area contributed by atoms with Gasteiger partial charge in [-0.2, -0.15) is 0 Å². The number of carbonyl (C=O) groups is 3. The van der Waals surface area contributed by atoms with Crippen LogP contribution < -0.4 is 0 Å². The third kappa shape index (κ3) is 3.52. The molecule has 146 valence electrons. The molecule has 0 saturated heterocycles. The Morgan fingerprint density at radius 3 is 2.24 bits per heavy atom. The zero-order valence-electron chi connectivity index (χ0n) is 15.7. The fourth-order valence-corrected chi connectivity index (χ4v) is 3.38. The molecule has 2 aromatic carbocycles. The van der Waals surface area contributed by atoms with Crippen molar-refractivity contribution in [3.05, 3.63) is 83.2 Å². The quantitative estimate of drug-likeness (QED) is 0.470. The number of rotatable bonds is 6. The Labute approximate surface area is 166 Å². The average Bonchev–Trinajstić information content (AvgIpc) is 3.29. The lowest BCUT2D eigenvalue weighted by Crippen LogP contribution is -2.46. The van der Waals surface area contributed by atoms with Crippen LogP contribution in [0.2, 0.25) is 0 Å². The molecule has 1 aliphatic rings. The van der Waals surface area contributed by atoms with Gasteiger partial charge in [0.2, 0.25) is 0 Å². The molecule has 0 fully saturated rings. The minimum Gasteiger partial charge on any atom is -0.467 e. The molecule has 0 bridgehead atoms. The van der Waals surface area contributed by atoms with Gasteiger partial charge in [0.15, 0.2) is 0 Å². The molecule has 0 saturated carbocycles. The van der Waals surface area contributed by atoms with E-state index in [-0.39, 0.29) is 17.5 Å². The van der Waals surface area contributed by atoms with Crippen LogP contribution in [0.25, 0.3) is 0 Å². The summed E-state index contributed by atoms with van der Waals surface area (Å²) in [5.74, 6) is -1.72. The maximum absolute atomic E-state index is 12.8. The van der Waals surface area contributed by atoms with Crippen LogP contribution in [0.3, 0.4) is 0 Å². The Morgan fingerprint density at radius 1 is 1.00 bits per heavy atom. The van der Waals surface area contributed by atoms with Crippen molar-refractivity contribution < 1.29 is 19.1 Å². The van der Waals surface area contributed by atoms with Crippen LogP contribution >= 0.6 is 0 Å². The van der Waals surface area contributed by atoms with E-state index >= 15 is 0 Å². The molecule has 8 nitrogen and oxygen atoms in total. The van der Waals surface area contributed by atoms with Gasteiger partial charge in [-0.15, -0.1) is 5.10 Å². The summed E-state index contributed by atoms with van der Waals surface area (Å²) in [6, 6.07) is 15.1. The summed E-state index contributed by atoms with van der Waals surface area (Å²) < 4.78 is 6.50. The van der Waals surface area contributed by atoms with Gasteiger partial charge in [0.05, 0.1) is 30.5 Å². The molecule has 0 N–H and O–H groups in total. The van der Waals surface area contributed by atoms with Crippen LogP contribution in [0.1, 0.15) is 32.0 Å². The Hall–Kier alpha value is -3.81. The predicted octanol–water partition coefficient (Wildman–Crippen LogP) is 1.71. The highest BCUT2D eigenvalue weighted by Gasteiger charge is 2.43. The maximum Gasteiger partial charge on any atom is 0.329 e. The number of aromatic nitrogens is 3. The normalized spacial score (nSPS) is 14.0. The molecule has 2 heterocycles. The zero-order valence-corrected chi connectivity index (χ0v) is 15.7. The standard InChI is InChI=1S/C21H18N4O4/c1-29-21(28)18(25-19(26)16-9-5-6-10-17(16)20(25)27)11-15-13-24(23-22-15)12-14-7-3-2-4-8-14/h2-10,13,18H,11-12H2,1H3. The first-order valence-corrected chi connectivity index (χ1v) is 9.06. The molecular formula is C21H18N4O4. The summed E-state index contributed by atoms with van der Waals surface area (Å²) in [4.78, 5) is 38.9. The van der Waals surface area contributed by atoms with E-state index in [0.717, 1.165) is 10.5 Å². The number of hydrogen-bond acceptors (Lipinski definition) is 6. The first-order valence-electron chi connectivity index (χ1n) is 9.06. The number of ether oxygens (including phenoxy) is 1. The summed E-state index contributed by atoms with van der Waals surface area (Å²) in [5.41, 5.74) is 2.08. The number of amides is 2. The Bertz CT molecular complexity index is 1040. The fourth-order valence-electron chi connectivity index (χ4n) is 3.38. The van der Waals surface area contributed by atoms with E-state index in [0.29, 0.717) is 12.2 Å². The van der Waals surface area contributed by atoms with E-state index in [1.807, 2.05) is 30.3 Å². The van der Waals surface area contributed by atoms with Crippen molar-refractivity contribution >= 4 is 17.8 Å². The van der Waals surface area contributed by atoms with Crippen LogP contribution in [-0.2, 0) is 22.5 Å². The molecular weight excluding hydrogens is 372 g/mol. The molecule has 0 radical (unpaired) electrons. The monoisotopic (exact) mass is 390 g/mol. The Balaban J connectivity index is 1.57. The zero-order chi connectivity index (χ0) is 20.4. The largest absolute Gasteiger partial charge is 0.467 e. The number of carbonyl (C=O) groups excluding carboxylic acids is 3. The number of imide groups is 1. The molecule has 0 spiro atoms. The second-order valence-electron chi connectivity index (χ2n) is 6.66. The molecule has 3 aromatic rings. The average molecular weight is 390 g/mol. The molecule has 1 aliphatic heterocycles. The Morgan fingerprint density at radius 2 is 1.62 bits per heavy atom. The molecule has 1 aromatic heterocycles. The van der Waals surface area contributed by atoms with E-state index in [9.17, 15) is 14.4 Å². The summed E-state index contributed by atoms with van der Waals surface area (Å²) in [7, 11) is 1.22. The third-order valence-electron chi connectivity index (χ3n) is 4.79. The second-order valence-corrected chi connectivity index (χ2v) is 6.66. The van der Waals surface area contributed by atoms with Gasteiger partial charge in [-0.3, -0.25) is 14.5 Å². The minimum atomic E-state index is -1.12. The lowest BCUT2D eigenvalue weighted by Gasteiger charge is -2.23. The van der Waals surface area contributed by atoms with Crippen LogP contribution in [0.15, 0.2) is 60.8 Å². The molecule has 0 aliphatic carbocycles. The number of esters is 1. The van der Waals surface area contributed by atoms with Crippen molar-refractivity contribution in [1.29, 1.82) is 0 Å². The molecule has 2 amide bonds. The van der Waals surface area contributed by atoms with Gasteiger partial charge in [0.25, 0.3) is 11.8 Å². The highest BCUT2D eigenvalue weighted by Crippen LogP contribution is 2.26. The molecule has 8 heteroatoms. The van der Waals surface area contributed by atoms with Crippen LogP contribution in [-0.4, -0.2) is 50.8 Å². The van der Waals surface area contributed by atoms with E-state index in [1.54, 1.807) is 35.1 Å². The van der Waals surface area contributed by atoms with Crippen LogP contribution in [0.4, 0.5) is 0 Å². The second kappa shape index (κ2) is 7.67. The lowest BCUT2D eigenvalue weighted by molar-refractivity contribution is -0.145. The van der Waals surface area contributed by atoms with Crippen molar-refractivity contribution in [1.82, 2.24) is 19.9 Å². The lowest BCUT2D eigenvalue weighted by atomic mass is 10.1. The minimum absolute atomic E-state index is 0.0208. The molecule has 1 unspecified atom stereocenters. The van der Waals surface area contributed by atoms with Crippen LogP contribution in [0, 0.1) is 0 Å². The van der Waals surface area contributed by atoms with Crippen molar-refractivity contribution in [2.45, 2.75) is 19.0 Å². The number of nitrogens with zero attached hydrogens (tertiary/aromatic N) is 4. The van der Waals surface area contributed by atoms with Gasteiger partial charge >= 0.3 is 5.97 Å². The maximum atomic E-state index is 12.8. The van der Waals surface area contributed by atoms with Gasteiger partial charge in [-0.05, 0) is 17.7 Å². The predicted molar refractivity (Wildman–Crippen MR) is 102 cm³/mol. The Kier molecular flexibility index (Phi) is 4.90. The number of fused-ring (bicyclic) bond motifs is 1. The third-order valence-corrected chi connectivity index (χ3v) is 4.79. The van der Waals surface area contributed by atoms with E-state index < -0.39 is 23.8 Å².